The lowest BCUT2D eigenvalue weighted by atomic mass is 10.0. The molecule has 0 unspecified atom stereocenters. The quantitative estimate of drug-likeness (QED) is 0.570. The molecule has 0 spiro atoms. The molecule has 0 saturated carbocycles. The van der Waals surface area contributed by atoms with Gasteiger partial charge in [-0.2, -0.15) is 0 Å². The summed E-state index contributed by atoms with van der Waals surface area (Å²) in [7, 11) is 1.38. The molecule has 1 aliphatic carbocycles. The molecular formula is C8H13NO2. The van der Waals surface area contributed by atoms with Gasteiger partial charge in [0.05, 0.1) is 12.7 Å². The number of hydrogen-bond donors (Lipinski definition) is 1. The Kier molecular flexibility index (Phi) is 2.17. The highest BCUT2D eigenvalue weighted by Gasteiger charge is 2.26. The third kappa shape index (κ3) is 1.37. The van der Waals surface area contributed by atoms with Crippen LogP contribution in [0, 0.1) is 5.92 Å². The van der Waals surface area contributed by atoms with E-state index in [1.165, 1.54) is 7.11 Å². The van der Waals surface area contributed by atoms with Crippen LogP contribution < -0.4 is 5.73 Å². The molecule has 0 radical (unpaired) electrons. The average Bonchev–Trinajstić information content (AvgIpc) is 2.30. The molecular weight excluding hydrogens is 142 g/mol. The fourth-order valence-electron chi connectivity index (χ4n) is 1.41. The highest BCUT2D eigenvalue weighted by atomic mass is 16.5. The minimum Gasteiger partial charge on any atom is -0.466 e. The second-order valence-corrected chi connectivity index (χ2v) is 2.87. The first kappa shape index (κ1) is 8.11. The highest BCUT2D eigenvalue weighted by Crippen LogP contribution is 2.29. The summed E-state index contributed by atoms with van der Waals surface area (Å²) >= 11 is 0. The molecule has 62 valence electrons. The Morgan fingerprint density at radius 1 is 1.73 bits per heavy atom. The Morgan fingerprint density at radius 3 is 2.73 bits per heavy atom. The van der Waals surface area contributed by atoms with Crippen LogP contribution in [0.1, 0.15) is 19.8 Å². The number of carbonyl (C=O) groups excluding carboxylic acids is 1. The first-order chi connectivity index (χ1) is 5.16. The van der Waals surface area contributed by atoms with E-state index < -0.39 is 0 Å². The number of nitrogens with two attached hydrogens (primary N) is 1. The van der Waals surface area contributed by atoms with Crippen LogP contribution in [0.5, 0.6) is 0 Å². The van der Waals surface area contributed by atoms with E-state index in [0.29, 0.717) is 11.3 Å². The van der Waals surface area contributed by atoms with Crippen LogP contribution in [0.4, 0.5) is 0 Å². The zero-order valence-corrected chi connectivity index (χ0v) is 6.89. The molecule has 1 aliphatic rings. The minimum absolute atomic E-state index is 0.266. The molecule has 0 saturated heterocycles. The van der Waals surface area contributed by atoms with E-state index in [1.54, 1.807) is 0 Å². The smallest absolute Gasteiger partial charge is 0.335 e. The Labute approximate surface area is 66.2 Å². The summed E-state index contributed by atoms with van der Waals surface area (Å²) < 4.78 is 4.60. The molecule has 2 N–H and O–H groups in total. The van der Waals surface area contributed by atoms with Gasteiger partial charge in [-0.3, -0.25) is 0 Å². The third-order valence-corrected chi connectivity index (χ3v) is 2.09. The molecule has 0 amide bonds. The zero-order valence-electron chi connectivity index (χ0n) is 6.89. The van der Waals surface area contributed by atoms with E-state index in [1.807, 2.05) is 6.92 Å². The van der Waals surface area contributed by atoms with Crippen LogP contribution in [-0.2, 0) is 9.53 Å². The SMILES string of the molecule is COC(=O)C1=C(N)CC[C@H]1C. The van der Waals surface area contributed by atoms with Crippen molar-refractivity contribution in [2.24, 2.45) is 11.7 Å². The largest absolute Gasteiger partial charge is 0.466 e. The highest BCUT2D eigenvalue weighted by molar-refractivity contribution is 5.90. The Balaban J connectivity index is 2.83. The Hall–Kier alpha value is -0.990. The number of rotatable bonds is 1. The monoisotopic (exact) mass is 155 g/mol. The Bertz CT molecular complexity index is 208. The van der Waals surface area contributed by atoms with Crippen molar-refractivity contribution in [1.82, 2.24) is 0 Å². The van der Waals surface area contributed by atoms with Gasteiger partial charge in [0, 0.05) is 5.70 Å². The molecule has 3 nitrogen and oxygen atoms in total. The number of ether oxygens (including phenoxy) is 1. The maximum Gasteiger partial charge on any atom is 0.335 e. The molecule has 1 rings (SSSR count). The first-order valence-corrected chi connectivity index (χ1v) is 3.73. The predicted octanol–water partition coefficient (Wildman–Crippen LogP) is 0.802. The molecule has 0 aromatic carbocycles. The molecule has 0 bridgehead atoms. The standard InChI is InChI=1S/C8H13NO2/c1-5-3-4-6(9)7(5)8(10)11-2/h5H,3-4,9H2,1-2H3/t5-/m1/s1. The van der Waals surface area contributed by atoms with Gasteiger partial charge in [0.25, 0.3) is 0 Å². The molecule has 1 atom stereocenters. The molecule has 3 heteroatoms. The van der Waals surface area contributed by atoms with Gasteiger partial charge >= 0.3 is 5.97 Å². The minimum atomic E-state index is -0.271. The van der Waals surface area contributed by atoms with Gasteiger partial charge in [-0.1, -0.05) is 6.92 Å². The van der Waals surface area contributed by atoms with Crippen molar-refractivity contribution in [3.05, 3.63) is 11.3 Å². The van der Waals surface area contributed by atoms with E-state index in [9.17, 15) is 4.79 Å². The van der Waals surface area contributed by atoms with Crippen molar-refractivity contribution < 1.29 is 9.53 Å². The maximum absolute atomic E-state index is 11.1. The summed E-state index contributed by atoms with van der Waals surface area (Å²) in [6.45, 7) is 1.99. The second kappa shape index (κ2) is 2.95. The van der Waals surface area contributed by atoms with Gasteiger partial charge in [0.2, 0.25) is 0 Å². The van der Waals surface area contributed by atoms with Crippen molar-refractivity contribution >= 4 is 5.97 Å². The van der Waals surface area contributed by atoms with Crippen molar-refractivity contribution in [3.63, 3.8) is 0 Å². The third-order valence-electron chi connectivity index (χ3n) is 2.09. The van der Waals surface area contributed by atoms with Crippen LogP contribution in [-0.4, -0.2) is 13.1 Å². The molecule has 0 aromatic heterocycles. The van der Waals surface area contributed by atoms with Gasteiger partial charge < -0.3 is 10.5 Å². The van der Waals surface area contributed by atoms with Gasteiger partial charge in [0.15, 0.2) is 0 Å². The lowest BCUT2D eigenvalue weighted by Crippen LogP contribution is -2.12. The van der Waals surface area contributed by atoms with Gasteiger partial charge in [-0.15, -0.1) is 0 Å². The average molecular weight is 155 g/mol. The molecule has 0 heterocycles. The van der Waals surface area contributed by atoms with Crippen LogP contribution in [0.25, 0.3) is 0 Å². The van der Waals surface area contributed by atoms with Gasteiger partial charge in [-0.25, -0.2) is 4.79 Å². The van der Waals surface area contributed by atoms with E-state index >= 15 is 0 Å². The van der Waals surface area contributed by atoms with Crippen LogP contribution in [0.2, 0.25) is 0 Å². The maximum atomic E-state index is 11.1. The lowest BCUT2D eigenvalue weighted by molar-refractivity contribution is -0.136. The van der Waals surface area contributed by atoms with Gasteiger partial charge in [0.1, 0.15) is 0 Å². The van der Waals surface area contributed by atoms with Crippen LogP contribution in [0.3, 0.4) is 0 Å². The fraction of sp³-hybridized carbons (Fsp3) is 0.625. The number of allylic oxidation sites excluding steroid dienone is 1. The first-order valence-electron chi connectivity index (χ1n) is 3.73. The number of methoxy groups -OCH3 is 1. The summed E-state index contributed by atoms with van der Waals surface area (Å²) in [4.78, 5) is 11.1. The van der Waals surface area contributed by atoms with Crippen molar-refractivity contribution in [2.45, 2.75) is 19.8 Å². The normalized spacial score (nSPS) is 24.0. The van der Waals surface area contributed by atoms with Crippen molar-refractivity contribution in [1.29, 1.82) is 0 Å². The number of esters is 1. The summed E-state index contributed by atoms with van der Waals surface area (Å²) in [6, 6.07) is 0. The molecule has 0 aliphatic heterocycles. The summed E-state index contributed by atoms with van der Waals surface area (Å²) in [5, 5.41) is 0. The second-order valence-electron chi connectivity index (χ2n) is 2.87. The summed E-state index contributed by atoms with van der Waals surface area (Å²) in [5.74, 6) is -0.00468. The van der Waals surface area contributed by atoms with E-state index in [0.717, 1.165) is 12.8 Å². The van der Waals surface area contributed by atoms with Gasteiger partial charge in [-0.05, 0) is 18.8 Å². The predicted molar refractivity (Wildman–Crippen MR) is 41.6 cm³/mol. The molecule has 11 heavy (non-hydrogen) atoms. The zero-order chi connectivity index (χ0) is 8.43. The number of hydrogen-bond acceptors (Lipinski definition) is 3. The van der Waals surface area contributed by atoms with E-state index in [2.05, 4.69) is 4.74 Å². The van der Waals surface area contributed by atoms with Crippen molar-refractivity contribution in [2.75, 3.05) is 7.11 Å². The number of carbonyl (C=O) groups is 1. The van der Waals surface area contributed by atoms with E-state index in [-0.39, 0.29) is 11.9 Å². The van der Waals surface area contributed by atoms with Crippen molar-refractivity contribution in [3.8, 4) is 0 Å². The van der Waals surface area contributed by atoms with E-state index in [4.69, 9.17) is 5.73 Å². The topological polar surface area (TPSA) is 52.3 Å². The molecule has 0 fully saturated rings. The van der Waals surface area contributed by atoms with Crippen LogP contribution in [0.15, 0.2) is 11.3 Å². The lowest BCUT2D eigenvalue weighted by Gasteiger charge is -2.05. The van der Waals surface area contributed by atoms with Crippen LogP contribution >= 0.6 is 0 Å². The summed E-state index contributed by atoms with van der Waals surface area (Å²) in [5.41, 5.74) is 7.00. The Morgan fingerprint density at radius 2 is 2.36 bits per heavy atom. The fourth-order valence-corrected chi connectivity index (χ4v) is 1.41. The summed E-state index contributed by atoms with van der Waals surface area (Å²) in [6.07, 6.45) is 1.79. The molecule has 0 aromatic rings.